The highest BCUT2D eigenvalue weighted by Gasteiger charge is 2.45. The van der Waals surface area contributed by atoms with Crippen molar-refractivity contribution in [1.82, 2.24) is 0 Å². The van der Waals surface area contributed by atoms with Gasteiger partial charge in [0.25, 0.3) is 0 Å². The zero-order valence-electron chi connectivity index (χ0n) is 12.2. The smallest absolute Gasteiger partial charge is 0.240 e. The Morgan fingerprint density at radius 1 is 1.08 bits per heavy atom. The fraction of sp³-hybridized carbons (Fsp3) is 0.833. The fourth-order valence-corrected chi connectivity index (χ4v) is 2.14. The molecule has 11 nitrogen and oxygen atoms in total. The zero-order valence-corrected chi connectivity index (χ0v) is 13.1. The third kappa shape index (κ3) is 4.64. The van der Waals surface area contributed by atoms with Crippen molar-refractivity contribution in [2.24, 2.45) is 0 Å². The summed E-state index contributed by atoms with van der Waals surface area (Å²) < 4.78 is 9.77. The second kappa shape index (κ2) is 9.05. The van der Waals surface area contributed by atoms with Crippen LogP contribution in [0.25, 0.3) is 0 Å². The molecule has 1 saturated heterocycles. The van der Waals surface area contributed by atoms with Gasteiger partial charge in [-0.15, -0.1) is 0 Å². The monoisotopic (exact) mass is 372 g/mol. The van der Waals surface area contributed by atoms with E-state index in [1.807, 2.05) is 0 Å². The van der Waals surface area contributed by atoms with Crippen molar-refractivity contribution < 1.29 is 55.1 Å². The van der Waals surface area contributed by atoms with Crippen LogP contribution in [0.3, 0.4) is 0 Å². The van der Waals surface area contributed by atoms with E-state index >= 15 is 0 Å². The molecule has 24 heavy (non-hydrogen) atoms. The van der Waals surface area contributed by atoms with Crippen molar-refractivity contribution in [3.05, 3.63) is 0 Å². The Morgan fingerprint density at radius 2 is 1.67 bits per heavy atom. The molecule has 12 heteroatoms. The van der Waals surface area contributed by atoms with E-state index in [4.69, 9.17) is 19.7 Å². The van der Waals surface area contributed by atoms with Crippen LogP contribution in [0.15, 0.2) is 0 Å². The average Bonchev–Trinajstić information content (AvgIpc) is 2.59. The van der Waals surface area contributed by atoms with Crippen molar-refractivity contribution in [3.8, 4) is 0 Å². The number of hydrogen-bond acceptors (Lipinski definition) is 12. The summed E-state index contributed by atoms with van der Waals surface area (Å²) >= 11 is 4.59. The van der Waals surface area contributed by atoms with Crippen molar-refractivity contribution in [3.63, 3.8) is 0 Å². The normalized spacial score (nSPS) is 34.2. The standard InChI is InChI=1S/C12H20O11S/c13-1-3(15)5(16)7(18)10(21)12(24)23-11-9(20)8(19)6(17)4(2-14)22-11/h3-9,11,13-20H,1-2H2/t3-,4-,5-,6-,7+,8+,9-,11-/m1/s1. The number of thiocarbonyl (C=S) groups is 1. The van der Waals surface area contributed by atoms with Gasteiger partial charge in [-0.1, -0.05) is 0 Å². The number of Topliss-reactive ketones (excluding diaryl/α,β-unsaturated/α-hetero) is 1. The highest BCUT2D eigenvalue weighted by atomic mass is 32.1. The lowest BCUT2D eigenvalue weighted by Crippen LogP contribution is -2.60. The van der Waals surface area contributed by atoms with E-state index in [-0.39, 0.29) is 0 Å². The van der Waals surface area contributed by atoms with Gasteiger partial charge in [-0.25, -0.2) is 0 Å². The molecule has 1 aliphatic heterocycles. The lowest BCUT2D eigenvalue weighted by atomic mass is 9.99. The van der Waals surface area contributed by atoms with Crippen molar-refractivity contribution in [1.29, 1.82) is 0 Å². The molecule has 1 fully saturated rings. The first-order valence-electron chi connectivity index (χ1n) is 6.86. The Hall–Kier alpha value is -0.800. The van der Waals surface area contributed by atoms with Crippen LogP contribution < -0.4 is 0 Å². The Kier molecular flexibility index (Phi) is 8.01. The molecule has 0 aromatic rings. The molecule has 0 saturated carbocycles. The maximum absolute atomic E-state index is 11.8. The molecule has 0 bridgehead atoms. The number of carbonyl (C=O) groups excluding carboxylic acids is 1. The summed E-state index contributed by atoms with van der Waals surface area (Å²) in [5, 5.41) is 73.8. The largest absolute Gasteiger partial charge is 0.448 e. The maximum atomic E-state index is 11.8. The third-order valence-corrected chi connectivity index (χ3v) is 3.74. The molecule has 1 aliphatic rings. The van der Waals surface area contributed by atoms with Crippen LogP contribution in [-0.4, -0.2) is 114 Å². The van der Waals surface area contributed by atoms with Gasteiger partial charge in [0.05, 0.1) is 13.2 Å². The minimum Gasteiger partial charge on any atom is -0.448 e. The van der Waals surface area contributed by atoms with E-state index in [0.29, 0.717) is 0 Å². The Bertz CT molecular complexity index is 445. The molecule has 8 N–H and O–H groups in total. The molecule has 0 unspecified atom stereocenters. The van der Waals surface area contributed by atoms with Gasteiger partial charge < -0.3 is 50.3 Å². The molecule has 0 amide bonds. The van der Waals surface area contributed by atoms with E-state index in [2.05, 4.69) is 12.2 Å². The quantitative estimate of drug-likeness (QED) is 0.198. The predicted molar refractivity (Wildman–Crippen MR) is 77.6 cm³/mol. The van der Waals surface area contributed by atoms with Crippen molar-refractivity contribution >= 4 is 23.1 Å². The second-order valence-corrected chi connectivity index (χ2v) is 5.52. The molecule has 1 heterocycles. The van der Waals surface area contributed by atoms with Crippen LogP contribution in [0.1, 0.15) is 0 Å². The molecule has 8 atom stereocenters. The summed E-state index contributed by atoms with van der Waals surface area (Å²) in [5.74, 6) is -1.35. The van der Waals surface area contributed by atoms with E-state index in [9.17, 15) is 35.4 Å². The maximum Gasteiger partial charge on any atom is 0.240 e. The summed E-state index contributed by atoms with van der Waals surface area (Å²) in [4.78, 5) is 11.8. The lowest BCUT2D eigenvalue weighted by molar-refractivity contribution is -0.280. The number of rotatable bonds is 7. The van der Waals surface area contributed by atoms with Crippen LogP contribution in [0.4, 0.5) is 0 Å². The van der Waals surface area contributed by atoms with E-state index in [0.717, 1.165) is 0 Å². The minimum absolute atomic E-state index is 0.727. The molecule has 1 rings (SSSR count). The summed E-state index contributed by atoms with van der Waals surface area (Å²) in [5.41, 5.74) is 0. The fourth-order valence-electron chi connectivity index (χ4n) is 1.92. The molecule has 0 aromatic heterocycles. The van der Waals surface area contributed by atoms with Gasteiger partial charge in [-0.05, 0) is 12.2 Å². The first-order chi connectivity index (χ1) is 11.1. The first-order valence-corrected chi connectivity index (χ1v) is 7.26. The van der Waals surface area contributed by atoms with Crippen LogP contribution in [0, 0.1) is 0 Å². The number of ketones is 1. The topological polar surface area (TPSA) is 197 Å². The SMILES string of the molecule is O=C(C(=S)O[C@H]1O[C@H](CO)[C@@H](O)[C@H](O)[C@H]1O)[C@@H](O)[C@H](O)[C@H](O)CO. The number of carbonyl (C=O) groups is 1. The van der Waals surface area contributed by atoms with E-state index in [1.165, 1.54) is 0 Å². The molecule has 140 valence electrons. The van der Waals surface area contributed by atoms with Crippen molar-refractivity contribution in [2.45, 2.75) is 49.0 Å². The highest BCUT2D eigenvalue weighted by Crippen LogP contribution is 2.22. The Balaban J connectivity index is 2.73. The molecule has 0 radical (unpaired) electrons. The van der Waals surface area contributed by atoms with Gasteiger partial charge in [0.2, 0.25) is 17.1 Å². The summed E-state index contributed by atoms with van der Waals surface area (Å²) in [6, 6.07) is 0. The average molecular weight is 372 g/mol. The van der Waals surface area contributed by atoms with Gasteiger partial charge in [-0.2, -0.15) is 0 Å². The number of aliphatic hydroxyl groups excluding tert-OH is 8. The molecule has 0 aromatic carbocycles. The van der Waals surface area contributed by atoms with Gasteiger partial charge >= 0.3 is 0 Å². The lowest BCUT2D eigenvalue weighted by Gasteiger charge is -2.39. The van der Waals surface area contributed by atoms with Crippen LogP contribution >= 0.6 is 12.2 Å². The number of aliphatic hydroxyl groups is 8. The molecular weight excluding hydrogens is 352 g/mol. The van der Waals surface area contributed by atoms with Crippen LogP contribution in [0.5, 0.6) is 0 Å². The van der Waals surface area contributed by atoms with Crippen LogP contribution in [-0.2, 0) is 14.3 Å². The zero-order chi connectivity index (χ0) is 18.6. The van der Waals surface area contributed by atoms with E-state index < -0.39 is 73.1 Å². The molecular formula is C12H20O11S. The minimum atomic E-state index is -2.22. The Morgan fingerprint density at radius 3 is 2.17 bits per heavy atom. The summed E-state index contributed by atoms with van der Waals surface area (Å²) in [6.45, 7) is -1.65. The third-order valence-electron chi connectivity index (χ3n) is 3.45. The Labute approximate surface area is 141 Å². The second-order valence-electron chi connectivity index (χ2n) is 5.15. The molecule has 0 aliphatic carbocycles. The van der Waals surface area contributed by atoms with Gasteiger partial charge in [0.1, 0.15) is 42.7 Å². The number of hydrogen-bond donors (Lipinski definition) is 8. The highest BCUT2D eigenvalue weighted by molar-refractivity contribution is 7.81. The van der Waals surface area contributed by atoms with Crippen molar-refractivity contribution in [2.75, 3.05) is 13.2 Å². The van der Waals surface area contributed by atoms with Gasteiger partial charge in [0, 0.05) is 0 Å². The summed E-state index contributed by atoms with van der Waals surface area (Å²) in [7, 11) is 0. The van der Waals surface area contributed by atoms with Gasteiger partial charge in [-0.3, -0.25) is 4.79 Å². The first kappa shape index (κ1) is 21.2. The number of ether oxygens (including phenoxy) is 2. The van der Waals surface area contributed by atoms with E-state index in [1.54, 1.807) is 0 Å². The summed E-state index contributed by atoms with van der Waals surface area (Å²) in [6.07, 6.45) is -14.3. The van der Waals surface area contributed by atoms with Gasteiger partial charge in [0.15, 0.2) is 0 Å². The molecule has 0 spiro atoms. The predicted octanol–water partition coefficient (Wildman–Crippen LogP) is -5.23. The van der Waals surface area contributed by atoms with Crippen LogP contribution in [0.2, 0.25) is 0 Å².